The van der Waals surface area contributed by atoms with Crippen LogP contribution in [-0.2, 0) is 14.3 Å². The molecule has 2 unspecified atom stereocenters. The van der Waals surface area contributed by atoms with Gasteiger partial charge in [0.25, 0.3) is 0 Å². The van der Waals surface area contributed by atoms with Crippen LogP contribution >= 0.6 is 0 Å². The van der Waals surface area contributed by atoms with Crippen molar-refractivity contribution in [2.75, 3.05) is 40.5 Å². The van der Waals surface area contributed by atoms with E-state index >= 15 is 0 Å². The summed E-state index contributed by atoms with van der Waals surface area (Å²) in [5.74, 6) is -0.739. The van der Waals surface area contributed by atoms with Crippen LogP contribution in [0.25, 0.3) is 0 Å². The number of carboxylic acid groups (broad SMARTS) is 1. The highest BCUT2D eigenvalue weighted by molar-refractivity contribution is 5.79. The summed E-state index contributed by atoms with van der Waals surface area (Å²) in [6.45, 7) is 6.90. The van der Waals surface area contributed by atoms with E-state index in [0.29, 0.717) is 26.1 Å². The molecule has 0 aromatic heterocycles. The van der Waals surface area contributed by atoms with Gasteiger partial charge in [-0.05, 0) is 33.1 Å². The van der Waals surface area contributed by atoms with E-state index in [4.69, 9.17) is 9.47 Å². The van der Waals surface area contributed by atoms with E-state index in [1.807, 2.05) is 13.8 Å². The summed E-state index contributed by atoms with van der Waals surface area (Å²) in [5, 5.41) is 12.9. The molecule has 21 heavy (non-hydrogen) atoms. The van der Waals surface area contributed by atoms with Gasteiger partial charge in [0.2, 0.25) is 0 Å². The third-order valence-electron chi connectivity index (χ3n) is 4.14. The Labute approximate surface area is 127 Å². The molecule has 0 heterocycles. The Hall–Kier alpha value is -0.690. The highest BCUT2D eigenvalue weighted by Gasteiger charge is 2.47. The summed E-state index contributed by atoms with van der Waals surface area (Å²) in [5.41, 5.74) is -0.794. The summed E-state index contributed by atoms with van der Waals surface area (Å²) in [7, 11) is 3.37. The van der Waals surface area contributed by atoms with E-state index in [0.717, 1.165) is 19.5 Å². The largest absolute Gasteiger partial charge is 0.480 e. The first-order valence-corrected chi connectivity index (χ1v) is 7.68. The summed E-state index contributed by atoms with van der Waals surface area (Å²) in [6, 6.07) is 0.420. The van der Waals surface area contributed by atoms with Gasteiger partial charge in [-0.2, -0.15) is 0 Å². The summed E-state index contributed by atoms with van der Waals surface area (Å²) >= 11 is 0. The zero-order valence-corrected chi connectivity index (χ0v) is 13.7. The lowest BCUT2D eigenvalue weighted by Gasteiger charge is -2.32. The minimum absolute atomic E-state index is 0.159. The van der Waals surface area contributed by atoms with Crippen molar-refractivity contribution in [3.05, 3.63) is 0 Å². The number of carbonyl (C=O) groups is 1. The molecule has 2 N–H and O–H groups in total. The second-order valence-corrected chi connectivity index (χ2v) is 6.10. The third kappa shape index (κ3) is 5.21. The molecular weight excluding hydrogens is 272 g/mol. The first kappa shape index (κ1) is 18.4. The van der Waals surface area contributed by atoms with Crippen molar-refractivity contribution in [1.29, 1.82) is 0 Å². The maximum Gasteiger partial charge on any atom is 0.323 e. The third-order valence-corrected chi connectivity index (χ3v) is 4.14. The Morgan fingerprint density at radius 1 is 1.33 bits per heavy atom. The molecule has 1 fully saturated rings. The number of ether oxygens (including phenoxy) is 2. The van der Waals surface area contributed by atoms with Gasteiger partial charge in [-0.15, -0.1) is 0 Å². The van der Waals surface area contributed by atoms with Gasteiger partial charge in [-0.1, -0.05) is 0 Å². The molecule has 2 atom stereocenters. The number of carboxylic acids is 1. The molecule has 124 valence electrons. The van der Waals surface area contributed by atoms with Crippen molar-refractivity contribution in [3.8, 4) is 0 Å². The van der Waals surface area contributed by atoms with Crippen molar-refractivity contribution in [2.24, 2.45) is 0 Å². The van der Waals surface area contributed by atoms with Gasteiger partial charge in [-0.25, -0.2) is 0 Å². The normalized spacial score (nSPS) is 25.9. The molecule has 0 bridgehead atoms. The van der Waals surface area contributed by atoms with E-state index in [1.54, 1.807) is 14.2 Å². The van der Waals surface area contributed by atoms with Gasteiger partial charge in [0.1, 0.15) is 5.54 Å². The average molecular weight is 302 g/mol. The summed E-state index contributed by atoms with van der Waals surface area (Å²) in [4.78, 5) is 14.0. The number of nitrogens with zero attached hydrogens (tertiary/aromatic N) is 1. The predicted octanol–water partition coefficient (Wildman–Crippen LogP) is 0.955. The quantitative estimate of drug-likeness (QED) is 0.626. The zero-order valence-electron chi connectivity index (χ0n) is 13.7. The van der Waals surface area contributed by atoms with Gasteiger partial charge in [0, 0.05) is 39.4 Å². The summed E-state index contributed by atoms with van der Waals surface area (Å²) in [6.07, 6.45) is 2.19. The maximum absolute atomic E-state index is 11.7. The lowest BCUT2D eigenvalue weighted by atomic mass is 9.96. The van der Waals surface area contributed by atoms with Crippen LogP contribution in [0, 0.1) is 0 Å². The molecule has 6 nitrogen and oxygen atoms in total. The monoisotopic (exact) mass is 302 g/mol. The number of hydrogen-bond donors (Lipinski definition) is 2. The summed E-state index contributed by atoms with van der Waals surface area (Å²) < 4.78 is 10.3. The van der Waals surface area contributed by atoms with Gasteiger partial charge in [-0.3, -0.25) is 15.0 Å². The molecule has 0 radical (unpaired) electrons. The first-order valence-electron chi connectivity index (χ1n) is 7.68. The Kier molecular flexibility index (Phi) is 7.59. The lowest BCUT2D eigenvalue weighted by molar-refractivity contribution is -0.145. The van der Waals surface area contributed by atoms with Gasteiger partial charge < -0.3 is 14.6 Å². The van der Waals surface area contributed by atoms with Crippen LogP contribution in [0.4, 0.5) is 0 Å². The highest BCUT2D eigenvalue weighted by Crippen LogP contribution is 2.34. The smallest absolute Gasteiger partial charge is 0.323 e. The molecule has 0 amide bonds. The molecule has 0 saturated heterocycles. The van der Waals surface area contributed by atoms with E-state index in [2.05, 4.69) is 10.2 Å². The lowest BCUT2D eigenvalue weighted by Crippen LogP contribution is -2.54. The van der Waals surface area contributed by atoms with Crippen molar-refractivity contribution < 1.29 is 19.4 Å². The van der Waals surface area contributed by atoms with Gasteiger partial charge in [0.15, 0.2) is 0 Å². The van der Waals surface area contributed by atoms with E-state index in [-0.39, 0.29) is 12.1 Å². The van der Waals surface area contributed by atoms with Crippen LogP contribution in [0.5, 0.6) is 0 Å². The first-order chi connectivity index (χ1) is 9.95. The molecule has 1 rings (SSSR count). The standard InChI is InChI=1S/C15H30N2O4/c1-12(2)16-15(14(18)19)6-5-13(11-15)17(7-9-20-3)8-10-21-4/h12-13,16H,5-11H2,1-4H3,(H,18,19). The predicted molar refractivity (Wildman–Crippen MR) is 81.6 cm³/mol. The van der Waals surface area contributed by atoms with Crippen LogP contribution in [0.2, 0.25) is 0 Å². The topological polar surface area (TPSA) is 71.0 Å². The molecule has 0 aliphatic heterocycles. The number of methoxy groups -OCH3 is 2. The Balaban J connectivity index is 2.71. The van der Waals surface area contributed by atoms with Crippen LogP contribution < -0.4 is 5.32 Å². The maximum atomic E-state index is 11.7. The van der Waals surface area contributed by atoms with Gasteiger partial charge >= 0.3 is 5.97 Å². The van der Waals surface area contributed by atoms with Crippen molar-refractivity contribution in [1.82, 2.24) is 10.2 Å². The molecule has 0 aromatic rings. The minimum atomic E-state index is -0.794. The van der Waals surface area contributed by atoms with Crippen LogP contribution in [0.15, 0.2) is 0 Å². The molecule has 1 aliphatic carbocycles. The van der Waals surface area contributed by atoms with E-state index < -0.39 is 11.5 Å². The highest BCUT2D eigenvalue weighted by atomic mass is 16.5. The number of nitrogens with one attached hydrogen (secondary N) is 1. The molecule has 1 aliphatic rings. The van der Waals surface area contributed by atoms with Gasteiger partial charge in [0.05, 0.1) is 13.2 Å². The second-order valence-electron chi connectivity index (χ2n) is 6.10. The van der Waals surface area contributed by atoms with Crippen LogP contribution in [-0.4, -0.2) is 74.1 Å². The fourth-order valence-electron chi connectivity index (χ4n) is 3.16. The molecule has 1 saturated carbocycles. The fraction of sp³-hybridized carbons (Fsp3) is 0.933. The Morgan fingerprint density at radius 2 is 1.90 bits per heavy atom. The van der Waals surface area contributed by atoms with Crippen molar-refractivity contribution in [3.63, 3.8) is 0 Å². The fourth-order valence-corrected chi connectivity index (χ4v) is 3.16. The molecular formula is C15H30N2O4. The van der Waals surface area contributed by atoms with Crippen molar-refractivity contribution in [2.45, 2.75) is 50.7 Å². The number of aliphatic carboxylic acids is 1. The SMILES string of the molecule is COCCN(CCOC)C1CCC(NC(C)C)(C(=O)O)C1. The van der Waals surface area contributed by atoms with E-state index in [9.17, 15) is 9.90 Å². The Morgan fingerprint density at radius 3 is 2.33 bits per heavy atom. The van der Waals surface area contributed by atoms with Crippen LogP contribution in [0.1, 0.15) is 33.1 Å². The zero-order chi connectivity index (χ0) is 15.9. The van der Waals surface area contributed by atoms with E-state index in [1.165, 1.54) is 0 Å². The molecule has 0 aromatic carbocycles. The number of hydrogen-bond acceptors (Lipinski definition) is 5. The Bertz CT molecular complexity index is 317. The molecule has 0 spiro atoms. The molecule has 6 heteroatoms. The van der Waals surface area contributed by atoms with Crippen molar-refractivity contribution >= 4 is 5.97 Å². The average Bonchev–Trinajstić information content (AvgIpc) is 2.83. The number of rotatable bonds is 10. The second kappa shape index (κ2) is 8.68. The minimum Gasteiger partial charge on any atom is -0.480 e. The van der Waals surface area contributed by atoms with Crippen LogP contribution in [0.3, 0.4) is 0 Å².